The van der Waals surface area contributed by atoms with E-state index in [4.69, 9.17) is 10.00 Å². The van der Waals surface area contributed by atoms with E-state index in [2.05, 4.69) is 26.8 Å². The van der Waals surface area contributed by atoms with Gasteiger partial charge in [0.05, 0.1) is 19.3 Å². The summed E-state index contributed by atoms with van der Waals surface area (Å²) in [4.78, 5) is 0. The van der Waals surface area contributed by atoms with E-state index in [-0.39, 0.29) is 5.41 Å². The van der Waals surface area contributed by atoms with Crippen molar-refractivity contribution in [2.45, 2.75) is 33.6 Å². The molecule has 1 saturated heterocycles. The minimum absolute atomic E-state index is 0.189. The Morgan fingerprint density at radius 2 is 1.91 bits per heavy atom. The van der Waals surface area contributed by atoms with Crippen LogP contribution in [0.1, 0.15) is 33.6 Å². The standard InChI is InChI=1S/C6H9NO.C3H8/c1-6(2-3-7)4-8-5-6;1-3-2/h2,4-5H2,1H3;3H2,1-2H3. The smallest absolute Gasteiger partial charge is 0.0629 e. The molecule has 0 saturated carbocycles. The molecule has 1 aliphatic rings. The van der Waals surface area contributed by atoms with Gasteiger partial charge in [0.25, 0.3) is 0 Å². The largest absolute Gasteiger partial charge is 0.380 e. The van der Waals surface area contributed by atoms with E-state index in [1.54, 1.807) is 0 Å². The van der Waals surface area contributed by atoms with Gasteiger partial charge in [-0.1, -0.05) is 27.2 Å². The molecule has 0 bridgehead atoms. The Kier molecular flexibility index (Phi) is 4.89. The minimum atomic E-state index is 0.189. The van der Waals surface area contributed by atoms with Gasteiger partial charge < -0.3 is 4.74 Å². The van der Waals surface area contributed by atoms with E-state index >= 15 is 0 Å². The molecule has 2 heteroatoms. The summed E-state index contributed by atoms with van der Waals surface area (Å²) in [6.45, 7) is 7.85. The topological polar surface area (TPSA) is 33.0 Å². The van der Waals surface area contributed by atoms with Crippen LogP contribution in [-0.2, 0) is 4.74 Å². The molecule has 0 aromatic carbocycles. The molecule has 1 heterocycles. The van der Waals surface area contributed by atoms with Crippen LogP contribution < -0.4 is 0 Å². The number of nitriles is 1. The van der Waals surface area contributed by atoms with E-state index < -0.39 is 0 Å². The van der Waals surface area contributed by atoms with Crippen LogP contribution in [0.3, 0.4) is 0 Å². The molecule has 11 heavy (non-hydrogen) atoms. The predicted molar refractivity (Wildman–Crippen MR) is 45.1 cm³/mol. The molecule has 0 amide bonds. The van der Waals surface area contributed by atoms with Crippen molar-refractivity contribution in [3.8, 4) is 6.07 Å². The van der Waals surface area contributed by atoms with Crippen molar-refractivity contribution in [3.63, 3.8) is 0 Å². The van der Waals surface area contributed by atoms with Crippen molar-refractivity contribution in [1.82, 2.24) is 0 Å². The first-order valence-corrected chi connectivity index (χ1v) is 4.13. The molecule has 1 rings (SSSR count). The van der Waals surface area contributed by atoms with Crippen molar-refractivity contribution in [3.05, 3.63) is 0 Å². The second kappa shape index (κ2) is 5.15. The zero-order valence-corrected chi connectivity index (χ0v) is 7.68. The van der Waals surface area contributed by atoms with Gasteiger partial charge in [0, 0.05) is 11.8 Å². The SMILES string of the molecule is CC1(CC#N)COC1.CCC. The van der Waals surface area contributed by atoms with Gasteiger partial charge in [-0.05, 0) is 0 Å². The third-order valence-corrected chi connectivity index (χ3v) is 1.41. The van der Waals surface area contributed by atoms with Gasteiger partial charge in [0.15, 0.2) is 0 Å². The first-order chi connectivity index (χ1) is 5.18. The van der Waals surface area contributed by atoms with Crippen molar-refractivity contribution in [2.24, 2.45) is 5.41 Å². The summed E-state index contributed by atoms with van der Waals surface area (Å²) in [6, 6.07) is 2.13. The first-order valence-electron chi connectivity index (χ1n) is 4.13. The summed E-state index contributed by atoms with van der Waals surface area (Å²) >= 11 is 0. The second-order valence-corrected chi connectivity index (χ2v) is 3.35. The van der Waals surface area contributed by atoms with Crippen LogP contribution in [0.5, 0.6) is 0 Å². The van der Waals surface area contributed by atoms with Gasteiger partial charge in [0.1, 0.15) is 0 Å². The van der Waals surface area contributed by atoms with Gasteiger partial charge in [-0.25, -0.2) is 0 Å². The van der Waals surface area contributed by atoms with Gasteiger partial charge in [-0.15, -0.1) is 0 Å². The van der Waals surface area contributed by atoms with Crippen LogP contribution in [0, 0.1) is 16.7 Å². The molecular formula is C9H17NO. The number of nitrogens with zero attached hydrogens (tertiary/aromatic N) is 1. The maximum atomic E-state index is 8.26. The van der Waals surface area contributed by atoms with E-state index in [0.717, 1.165) is 13.2 Å². The predicted octanol–water partition coefficient (Wildman–Crippen LogP) is 2.35. The summed E-state index contributed by atoms with van der Waals surface area (Å²) < 4.78 is 4.94. The van der Waals surface area contributed by atoms with Crippen LogP contribution >= 0.6 is 0 Å². The van der Waals surface area contributed by atoms with Crippen molar-refractivity contribution < 1.29 is 4.74 Å². The monoisotopic (exact) mass is 155 g/mol. The van der Waals surface area contributed by atoms with E-state index in [9.17, 15) is 0 Å². The minimum Gasteiger partial charge on any atom is -0.380 e. The summed E-state index contributed by atoms with van der Waals surface area (Å²) in [5.74, 6) is 0. The first kappa shape index (κ1) is 10.4. The molecule has 0 unspecified atom stereocenters. The van der Waals surface area contributed by atoms with Crippen LogP contribution in [-0.4, -0.2) is 13.2 Å². The summed E-state index contributed by atoms with van der Waals surface area (Å²) in [5.41, 5.74) is 0.189. The lowest BCUT2D eigenvalue weighted by Crippen LogP contribution is -2.39. The highest BCUT2D eigenvalue weighted by molar-refractivity contribution is 4.89. The molecule has 1 fully saturated rings. The molecule has 0 spiro atoms. The number of hydrogen-bond donors (Lipinski definition) is 0. The lowest BCUT2D eigenvalue weighted by molar-refractivity contribution is -0.0979. The highest BCUT2D eigenvalue weighted by atomic mass is 16.5. The van der Waals surface area contributed by atoms with Crippen molar-refractivity contribution in [2.75, 3.05) is 13.2 Å². The third kappa shape index (κ3) is 4.00. The Labute approximate surface area is 69.2 Å². The molecule has 0 N–H and O–H groups in total. The van der Waals surface area contributed by atoms with Crippen molar-refractivity contribution in [1.29, 1.82) is 5.26 Å². The molecule has 0 aromatic rings. The second-order valence-electron chi connectivity index (χ2n) is 3.35. The Morgan fingerprint density at radius 3 is 2.00 bits per heavy atom. The third-order valence-electron chi connectivity index (χ3n) is 1.41. The quantitative estimate of drug-likeness (QED) is 0.582. The zero-order valence-electron chi connectivity index (χ0n) is 7.68. The molecule has 1 aliphatic heterocycles. The van der Waals surface area contributed by atoms with Crippen LogP contribution in [0.2, 0.25) is 0 Å². The molecule has 0 aliphatic carbocycles. The van der Waals surface area contributed by atoms with Gasteiger partial charge in [-0.3, -0.25) is 0 Å². The highest BCUT2D eigenvalue weighted by Gasteiger charge is 2.32. The summed E-state index contributed by atoms with van der Waals surface area (Å²) in [5, 5.41) is 8.26. The number of ether oxygens (including phenoxy) is 1. The number of rotatable bonds is 1. The van der Waals surface area contributed by atoms with Crippen LogP contribution in [0.25, 0.3) is 0 Å². The van der Waals surface area contributed by atoms with E-state index in [1.807, 2.05) is 0 Å². The van der Waals surface area contributed by atoms with Crippen LogP contribution in [0.15, 0.2) is 0 Å². The Hall–Kier alpha value is -0.550. The fraction of sp³-hybridized carbons (Fsp3) is 0.889. The lowest BCUT2D eigenvalue weighted by Gasteiger charge is -2.35. The van der Waals surface area contributed by atoms with Gasteiger partial charge in [-0.2, -0.15) is 5.26 Å². The van der Waals surface area contributed by atoms with Gasteiger partial charge >= 0.3 is 0 Å². The zero-order chi connectivity index (χ0) is 8.74. The maximum Gasteiger partial charge on any atom is 0.0629 e. The maximum absolute atomic E-state index is 8.26. The van der Waals surface area contributed by atoms with Gasteiger partial charge in [0.2, 0.25) is 0 Å². The van der Waals surface area contributed by atoms with E-state index in [0.29, 0.717) is 6.42 Å². The molecule has 2 nitrogen and oxygen atoms in total. The van der Waals surface area contributed by atoms with Crippen LogP contribution in [0.4, 0.5) is 0 Å². The fourth-order valence-electron chi connectivity index (χ4n) is 0.743. The summed E-state index contributed by atoms with van der Waals surface area (Å²) in [6.07, 6.45) is 1.88. The Morgan fingerprint density at radius 1 is 1.45 bits per heavy atom. The summed E-state index contributed by atoms with van der Waals surface area (Å²) in [7, 11) is 0. The average Bonchev–Trinajstić information content (AvgIpc) is 1.87. The molecule has 0 radical (unpaired) electrons. The Bertz CT molecular complexity index is 133. The molecule has 0 atom stereocenters. The van der Waals surface area contributed by atoms with E-state index in [1.165, 1.54) is 6.42 Å². The van der Waals surface area contributed by atoms with Crippen molar-refractivity contribution >= 4 is 0 Å². The molecule has 0 aromatic heterocycles. The number of hydrogen-bond acceptors (Lipinski definition) is 2. The molecule has 64 valence electrons. The average molecular weight is 155 g/mol. The highest BCUT2D eigenvalue weighted by Crippen LogP contribution is 2.29. The normalized spacial score (nSPS) is 18.7. The lowest BCUT2D eigenvalue weighted by atomic mass is 9.86. The fourth-order valence-corrected chi connectivity index (χ4v) is 0.743. The molecular weight excluding hydrogens is 138 g/mol. The Balaban J connectivity index is 0.000000292.